The summed E-state index contributed by atoms with van der Waals surface area (Å²) in [5, 5.41) is 2.93. The fourth-order valence-electron chi connectivity index (χ4n) is 3.02. The van der Waals surface area contributed by atoms with Gasteiger partial charge in [0.25, 0.3) is 0 Å². The third kappa shape index (κ3) is 3.17. The van der Waals surface area contributed by atoms with Crippen molar-refractivity contribution in [2.75, 3.05) is 13.7 Å². The molecular formula is C19H20N2O3S. The summed E-state index contributed by atoms with van der Waals surface area (Å²) in [6.45, 7) is 4.15. The van der Waals surface area contributed by atoms with Gasteiger partial charge in [-0.15, -0.1) is 11.3 Å². The first kappa shape index (κ1) is 17.2. The Morgan fingerprint density at radius 2 is 1.96 bits per heavy atom. The van der Waals surface area contributed by atoms with Crippen LogP contribution in [0.1, 0.15) is 24.8 Å². The largest absolute Gasteiger partial charge is 0.466 e. The quantitative estimate of drug-likeness (QED) is 0.844. The van der Waals surface area contributed by atoms with Crippen LogP contribution in [0.3, 0.4) is 0 Å². The minimum Gasteiger partial charge on any atom is -0.466 e. The van der Waals surface area contributed by atoms with Gasteiger partial charge in [-0.25, -0.2) is 9.59 Å². The number of allylic oxidation sites excluding steroid dienone is 1. The maximum atomic E-state index is 12.4. The van der Waals surface area contributed by atoms with Crippen molar-refractivity contribution in [1.29, 1.82) is 0 Å². The van der Waals surface area contributed by atoms with Crippen molar-refractivity contribution < 1.29 is 14.3 Å². The number of rotatable bonds is 4. The molecule has 5 nitrogen and oxygen atoms in total. The van der Waals surface area contributed by atoms with E-state index in [0.717, 1.165) is 15.3 Å². The monoisotopic (exact) mass is 356 g/mol. The number of amides is 2. The molecule has 0 aliphatic carbocycles. The SMILES string of the molecule is CCN1C(=O)N[C@@H](c2ccc(-c3ccccc3)s2)C(C(=O)OC)=C1C. The predicted octanol–water partition coefficient (Wildman–Crippen LogP) is 3.95. The molecular weight excluding hydrogens is 336 g/mol. The molecule has 130 valence electrons. The number of nitrogens with one attached hydrogen (secondary N) is 1. The second kappa shape index (κ2) is 7.11. The number of nitrogens with zero attached hydrogens (tertiary/aromatic N) is 1. The van der Waals surface area contributed by atoms with Gasteiger partial charge in [0.05, 0.1) is 18.7 Å². The molecule has 25 heavy (non-hydrogen) atoms. The molecule has 2 aromatic rings. The third-order valence-corrected chi connectivity index (χ3v) is 5.49. The number of carbonyl (C=O) groups excluding carboxylic acids is 2. The molecule has 0 unspecified atom stereocenters. The number of hydrogen-bond donors (Lipinski definition) is 1. The molecule has 2 amide bonds. The van der Waals surface area contributed by atoms with E-state index >= 15 is 0 Å². The highest BCUT2D eigenvalue weighted by atomic mass is 32.1. The minimum atomic E-state index is -0.495. The van der Waals surface area contributed by atoms with Crippen LogP contribution in [0.25, 0.3) is 10.4 Å². The molecule has 1 aromatic carbocycles. The second-order valence-corrected chi connectivity index (χ2v) is 6.80. The van der Waals surface area contributed by atoms with Crippen LogP contribution in [-0.4, -0.2) is 30.6 Å². The molecule has 0 fully saturated rings. The summed E-state index contributed by atoms with van der Waals surface area (Å²) < 4.78 is 4.96. The van der Waals surface area contributed by atoms with Crippen LogP contribution in [0, 0.1) is 0 Å². The lowest BCUT2D eigenvalue weighted by Gasteiger charge is -2.34. The number of ether oxygens (including phenoxy) is 1. The fraction of sp³-hybridized carbons (Fsp3) is 0.263. The highest BCUT2D eigenvalue weighted by Crippen LogP contribution is 2.37. The Morgan fingerprint density at radius 1 is 1.24 bits per heavy atom. The predicted molar refractivity (Wildman–Crippen MR) is 98.1 cm³/mol. The summed E-state index contributed by atoms with van der Waals surface area (Å²) in [4.78, 5) is 28.3. The van der Waals surface area contributed by atoms with Gasteiger partial charge in [0.2, 0.25) is 0 Å². The maximum absolute atomic E-state index is 12.4. The molecule has 1 aliphatic heterocycles. The number of esters is 1. The van der Waals surface area contributed by atoms with E-state index in [-0.39, 0.29) is 6.03 Å². The van der Waals surface area contributed by atoms with E-state index < -0.39 is 12.0 Å². The van der Waals surface area contributed by atoms with Gasteiger partial charge in [-0.3, -0.25) is 4.90 Å². The van der Waals surface area contributed by atoms with Crippen molar-refractivity contribution in [2.24, 2.45) is 0 Å². The van der Waals surface area contributed by atoms with E-state index in [2.05, 4.69) is 5.32 Å². The van der Waals surface area contributed by atoms with Crippen molar-refractivity contribution in [3.8, 4) is 10.4 Å². The van der Waals surface area contributed by atoms with Crippen LogP contribution in [0.15, 0.2) is 53.7 Å². The lowest BCUT2D eigenvalue weighted by Crippen LogP contribution is -2.47. The molecule has 1 atom stereocenters. The van der Waals surface area contributed by atoms with E-state index in [1.54, 1.807) is 23.2 Å². The average Bonchev–Trinajstić information content (AvgIpc) is 3.12. The lowest BCUT2D eigenvalue weighted by atomic mass is 10.0. The van der Waals surface area contributed by atoms with Crippen LogP contribution >= 0.6 is 11.3 Å². The van der Waals surface area contributed by atoms with Gasteiger partial charge in [0, 0.05) is 22.0 Å². The molecule has 0 spiro atoms. The van der Waals surface area contributed by atoms with Gasteiger partial charge in [0.1, 0.15) is 0 Å². The molecule has 2 heterocycles. The zero-order valence-electron chi connectivity index (χ0n) is 14.4. The number of thiophene rings is 1. The Kier molecular flexibility index (Phi) is 4.90. The Morgan fingerprint density at radius 3 is 2.60 bits per heavy atom. The number of carbonyl (C=O) groups is 2. The summed E-state index contributed by atoms with van der Waals surface area (Å²) >= 11 is 1.56. The first-order valence-electron chi connectivity index (χ1n) is 8.09. The summed E-state index contributed by atoms with van der Waals surface area (Å²) in [7, 11) is 1.36. The summed E-state index contributed by atoms with van der Waals surface area (Å²) in [5.74, 6) is -0.421. The number of methoxy groups -OCH3 is 1. The van der Waals surface area contributed by atoms with Gasteiger partial charge < -0.3 is 10.1 Å². The van der Waals surface area contributed by atoms with Crippen LogP contribution < -0.4 is 5.32 Å². The Balaban J connectivity index is 2.03. The first-order chi connectivity index (χ1) is 12.1. The topological polar surface area (TPSA) is 58.6 Å². The maximum Gasteiger partial charge on any atom is 0.338 e. The van der Waals surface area contributed by atoms with E-state index in [0.29, 0.717) is 17.8 Å². The van der Waals surface area contributed by atoms with Crippen LogP contribution in [0.5, 0.6) is 0 Å². The molecule has 6 heteroatoms. The minimum absolute atomic E-state index is 0.202. The molecule has 0 bridgehead atoms. The van der Waals surface area contributed by atoms with E-state index in [1.807, 2.05) is 49.4 Å². The smallest absolute Gasteiger partial charge is 0.338 e. The van der Waals surface area contributed by atoms with Crippen molar-refractivity contribution in [1.82, 2.24) is 10.2 Å². The Bertz CT molecular complexity index is 826. The number of benzene rings is 1. The first-order valence-corrected chi connectivity index (χ1v) is 8.90. The summed E-state index contributed by atoms with van der Waals surface area (Å²) in [5.41, 5.74) is 2.22. The van der Waals surface area contributed by atoms with Crippen molar-refractivity contribution in [3.05, 3.63) is 58.6 Å². The van der Waals surface area contributed by atoms with Gasteiger partial charge in [-0.05, 0) is 31.5 Å². The molecule has 1 N–H and O–H groups in total. The highest BCUT2D eigenvalue weighted by molar-refractivity contribution is 7.15. The molecule has 0 saturated heterocycles. The molecule has 3 rings (SSSR count). The molecule has 0 radical (unpaired) electrons. The van der Waals surface area contributed by atoms with Gasteiger partial charge >= 0.3 is 12.0 Å². The molecule has 1 aromatic heterocycles. The zero-order valence-corrected chi connectivity index (χ0v) is 15.2. The average molecular weight is 356 g/mol. The van der Waals surface area contributed by atoms with E-state index in [9.17, 15) is 9.59 Å². The molecule has 0 saturated carbocycles. The highest BCUT2D eigenvalue weighted by Gasteiger charge is 2.36. The van der Waals surface area contributed by atoms with Crippen molar-refractivity contribution >= 4 is 23.3 Å². The number of hydrogen-bond acceptors (Lipinski definition) is 4. The van der Waals surface area contributed by atoms with Crippen LogP contribution in [0.2, 0.25) is 0 Å². The van der Waals surface area contributed by atoms with Crippen LogP contribution in [-0.2, 0) is 9.53 Å². The normalized spacial score (nSPS) is 17.5. The summed E-state index contributed by atoms with van der Waals surface area (Å²) in [6.07, 6.45) is 0. The second-order valence-electron chi connectivity index (χ2n) is 5.69. The van der Waals surface area contributed by atoms with Crippen LogP contribution in [0.4, 0.5) is 4.79 Å². The fourth-order valence-corrected chi connectivity index (χ4v) is 4.09. The van der Waals surface area contributed by atoms with Gasteiger partial charge in [-0.2, -0.15) is 0 Å². The van der Waals surface area contributed by atoms with Gasteiger partial charge in [0.15, 0.2) is 0 Å². The third-order valence-electron chi connectivity index (χ3n) is 4.29. The van der Waals surface area contributed by atoms with E-state index in [1.165, 1.54) is 7.11 Å². The van der Waals surface area contributed by atoms with Gasteiger partial charge in [-0.1, -0.05) is 30.3 Å². The molecule has 1 aliphatic rings. The number of urea groups is 1. The Labute approximate surface area is 150 Å². The van der Waals surface area contributed by atoms with Crippen molar-refractivity contribution in [2.45, 2.75) is 19.9 Å². The zero-order chi connectivity index (χ0) is 18.0. The van der Waals surface area contributed by atoms with Crippen molar-refractivity contribution in [3.63, 3.8) is 0 Å². The lowest BCUT2D eigenvalue weighted by molar-refractivity contribution is -0.136. The summed E-state index contributed by atoms with van der Waals surface area (Å²) in [6, 6.07) is 13.3. The van der Waals surface area contributed by atoms with E-state index in [4.69, 9.17) is 4.74 Å². The standard InChI is InChI=1S/C19H20N2O3S/c1-4-21-12(2)16(18(22)24-3)17(20-19(21)23)15-11-10-14(25-15)13-8-6-5-7-9-13/h5-11,17H,4H2,1-3H3,(H,20,23)/t17-/m0/s1. The Hall–Kier alpha value is -2.60.